The van der Waals surface area contributed by atoms with Crippen LogP contribution in [-0.4, -0.2) is 28.0 Å². The standard InChI is InChI=1S/C16H15N3O3/c1-10(9-17)8-13(16(21)22)19-15(20)12-6-2-4-11-5-3-7-18-14(11)12/h2-7,10,13H,8H2,1H3,(H,19,20)(H,21,22)/t10-,13+/m0/s1. The Balaban J connectivity index is 2.26. The van der Waals surface area contributed by atoms with Crippen LogP contribution < -0.4 is 5.32 Å². The van der Waals surface area contributed by atoms with Crippen LogP contribution in [-0.2, 0) is 4.79 Å². The third-order valence-corrected chi connectivity index (χ3v) is 3.29. The number of amides is 1. The largest absolute Gasteiger partial charge is 0.480 e. The zero-order valence-corrected chi connectivity index (χ0v) is 12.0. The van der Waals surface area contributed by atoms with Crippen LogP contribution in [0.5, 0.6) is 0 Å². The summed E-state index contributed by atoms with van der Waals surface area (Å²) in [6, 6.07) is 9.58. The van der Waals surface area contributed by atoms with Crippen LogP contribution in [0.15, 0.2) is 36.5 Å². The molecule has 6 nitrogen and oxygen atoms in total. The second kappa shape index (κ2) is 6.68. The van der Waals surface area contributed by atoms with Crippen molar-refractivity contribution in [3.8, 4) is 6.07 Å². The van der Waals surface area contributed by atoms with Gasteiger partial charge in [0.1, 0.15) is 6.04 Å². The van der Waals surface area contributed by atoms with Crippen LogP contribution in [0.1, 0.15) is 23.7 Å². The predicted octanol–water partition coefficient (Wildman–Crippen LogP) is 1.97. The first kappa shape index (κ1) is 15.4. The Morgan fingerprint density at radius 1 is 1.36 bits per heavy atom. The van der Waals surface area contributed by atoms with Gasteiger partial charge in [0.25, 0.3) is 5.91 Å². The van der Waals surface area contributed by atoms with Gasteiger partial charge in [0.15, 0.2) is 0 Å². The number of nitriles is 1. The zero-order chi connectivity index (χ0) is 16.1. The van der Waals surface area contributed by atoms with E-state index in [1.54, 1.807) is 31.3 Å². The number of carbonyl (C=O) groups is 2. The number of carbonyl (C=O) groups excluding carboxylic acids is 1. The topological polar surface area (TPSA) is 103 Å². The Morgan fingerprint density at radius 2 is 2.09 bits per heavy atom. The molecule has 0 spiro atoms. The van der Waals surface area contributed by atoms with E-state index in [9.17, 15) is 14.7 Å². The Hall–Kier alpha value is -2.94. The zero-order valence-electron chi connectivity index (χ0n) is 12.0. The van der Waals surface area contributed by atoms with Gasteiger partial charge in [0.2, 0.25) is 0 Å². The molecule has 1 heterocycles. The van der Waals surface area contributed by atoms with E-state index >= 15 is 0 Å². The van der Waals surface area contributed by atoms with Gasteiger partial charge in [0, 0.05) is 17.5 Å². The number of aromatic nitrogens is 1. The molecule has 0 fully saturated rings. The van der Waals surface area contributed by atoms with Gasteiger partial charge < -0.3 is 10.4 Å². The van der Waals surface area contributed by atoms with Crippen LogP contribution in [0, 0.1) is 17.2 Å². The molecule has 2 N–H and O–H groups in total. The molecule has 0 aliphatic heterocycles. The van der Waals surface area contributed by atoms with Crippen molar-refractivity contribution in [1.29, 1.82) is 5.26 Å². The third kappa shape index (κ3) is 3.38. The number of carboxylic acid groups (broad SMARTS) is 1. The van der Waals surface area contributed by atoms with E-state index in [4.69, 9.17) is 5.26 Å². The molecule has 0 saturated heterocycles. The molecule has 1 aromatic heterocycles. The molecule has 0 radical (unpaired) electrons. The number of hydrogen-bond donors (Lipinski definition) is 2. The van der Waals surface area contributed by atoms with Gasteiger partial charge in [-0.1, -0.05) is 18.2 Å². The normalized spacial score (nSPS) is 13.1. The van der Waals surface area contributed by atoms with Crippen molar-refractivity contribution in [3.05, 3.63) is 42.1 Å². The Kier molecular flexibility index (Phi) is 4.69. The summed E-state index contributed by atoms with van der Waals surface area (Å²) >= 11 is 0. The van der Waals surface area contributed by atoms with E-state index in [0.29, 0.717) is 11.1 Å². The smallest absolute Gasteiger partial charge is 0.326 e. The number of fused-ring (bicyclic) bond motifs is 1. The van der Waals surface area contributed by atoms with Gasteiger partial charge in [-0.15, -0.1) is 0 Å². The molecular weight excluding hydrogens is 282 g/mol. The number of hydrogen-bond acceptors (Lipinski definition) is 4. The van der Waals surface area contributed by atoms with Crippen molar-refractivity contribution in [1.82, 2.24) is 10.3 Å². The number of rotatable bonds is 5. The maximum Gasteiger partial charge on any atom is 0.326 e. The fraction of sp³-hybridized carbons (Fsp3) is 0.250. The van der Waals surface area contributed by atoms with Crippen molar-refractivity contribution >= 4 is 22.8 Å². The number of benzene rings is 1. The molecule has 2 rings (SSSR count). The Bertz CT molecular complexity index is 746. The third-order valence-electron chi connectivity index (χ3n) is 3.29. The van der Waals surface area contributed by atoms with Crippen molar-refractivity contribution in [2.45, 2.75) is 19.4 Å². The minimum atomic E-state index is -1.16. The van der Waals surface area contributed by atoms with E-state index in [-0.39, 0.29) is 6.42 Å². The molecule has 0 aliphatic carbocycles. The SMILES string of the molecule is C[C@H](C#N)C[C@@H](NC(=O)c1cccc2cccnc12)C(=O)O. The first-order valence-corrected chi connectivity index (χ1v) is 6.80. The fourth-order valence-corrected chi connectivity index (χ4v) is 2.15. The monoisotopic (exact) mass is 297 g/mol. The number of aliphatic carboxylic acids is 1. The Morgan fingerprint density at radius 3 is 2.77 bits per heavy atom. The Labute approximate surface area is 127 Å². The van der Waals surface area contributed by atoms with E-state index in [1.807, 2.05) is 18.2 Å². The van der Waals surface area contributed by atoms with Gasteiger partial charge in [-0.3, -0.25) is 9.78 Å². The van der Waals surface area contributed by atoms with Crippen LogP contribution in [0.25, 0.3) is 10.9 Å². The van der Waals surface area contributed by atoms with Crippen molar-refractivity contribution in [3.63, 3.8) is 0 Å². The van der Waals surface area contributed by atoms with Crippen molar-refractivity contribution in [2.75, 3.05) is 0 Å². The first-order chi connectivity index (χ1) is 10.5. The molecule has 2 atom stereocenters. The highest BCUT2D eigenvalue weighted by Crippen LogP contribution is 2.16. The lowest BCUT2D eigenvalue weighted by atomic mass is 10.0. The van der Waals surface area contributed by atoms with Crippen LogP contribution in [0.3, 0.4) is 0 Å². The molecule has 0 saturated carbocycles. The number of carboxylic acids is 1. The van der Waals surface area contributed by atoms with Gasteiger partial charge in [-0.2, -0.15) is 5.26 Å². The predicted molar refractivity (Wildman–Crippen MR) is 80.0 cm³/mol. The van der Waals surface area contributed by atoms with Crippen LogP contribution in [0.4, 0.5) is 0 Å². The average molecular weight is 297 g/mol. The molecular formula is C16H15N3O3. The second-order valence-corrected chi connectivity index (χ2v) is 5.01. The molecule has 0 unspecified atom stereocenters. The van der Waals surface area contributed by atoms with E-state index in [2.05, 4.69) is 10.3 Å². The number of nitrogens with one attached hydrogen (secondary N) is 1. The highest BCUT2D eigenvalue weighted by molar-refractivity contribution is 6.06. The summed E-state index contributed by atoms with van der Waals surface area (Å²) in [7, 11) is 0. The number of nitrogens with zero attached hydrogens (tertiary/aromatic N) is 2. The number of para-hydroxylation sites is 1. The first-order valence-electron chi connectivity index (χ1n) is 6.80. The molecule has 0 bridgehead atoms. The molecule has 6 heteroatoms. The summed E-state index contributed by atoms with van der Waals surface area (Å²) in [5.74, 6) is -2.14. The van der Waals surface area contributed by atoms with Crippen molar-refractivity contribution < 1.29 is 14.7 Å². The molecule has 112 valence electrons. The summed E-state index contributed by atoms with van der Waals surface area (Å²) in [4.78, 5) is 27.8. The summed E-state index contributed by atoms with van der Waals surface area (Å²) in [5, 5.41) is 21.2. The summed E-state index contributed by atoms with van der Waals surface area (Å²) < 4.78 is 0. The van der Waals surface area contributed by atoms with Gasteiger partial charge >= 0.3 is 5.97 Å². The van der Waals surface area contributed by atoms with Gasteiger partial charge in [0.05, 0.1) is 17.1 Å². The van der Waals surface area contributed by atoms with Crippen LogP contribution in [0.2, 0.25) is 0 Å². The van der Waals surface area contributed by atoms with E-state index in [1.165, 1.54) is 0 Å². The molecule has 1 amide bonds. The summed E-state index contributed by atoms with van der Waals surface area (Å²) in [6.07, 6.45) is 1.63. The second-order valence-electron chi connectivity index (χ2n) is 5.01. The minimum absolute atomic E-state index is 0.0514. The van der Waals surface area contributed by atoms with E-state index < -0.39 is 23.8 Å². The lowest BCUT2D eigenvalue weighted by Crippen LogP contribution is -2.41. The maximum atomic E-state index is 12.3. The van der Waals surface area contributed by atoms with Gasteiger partial charge in [-0.05, 0) is 25.5 Å². The van der Waals surface area contributed by atoms with E-state index in [0.717, 1.165) is 5.39 Å². The fourth-order valence-electron chi connectivity index (χ4n) is 2.15. The molecule has 0 aliphatic rings. The molecule has 2 aromatic rings. The van der Waals surface area contributed by atoms with Crippen molar-refractivity contribution in [2.24, 2.45) is 5.92 Å². The molecule has 22 heavy (non-hydrogen) atoms. The molecule has 1 aromatic carbocycles. The highest BCUT2D eigenvalue weighted by Gasteiger charge is 2.23. The lowest BCUT2D eigenvalue weighted by molar-refractivity contribution is -0.139. The summed E-state index contributed by atoms with van der Waals surface area (Å²) in [6.45, 7) is 1.61. The quantitative estimate of drug-likeness (QED) is 0.878. The summed E-state index contributed by atoms with van der Waals surface area (Å²) in [5.41, 5.74) is 0.828. The maximum absolute atomic E-state index is 12.3. The highest BCUT2D eigenvalue weighted by atomic mass is 16.4. The lowest BCUT2D eigenvalue weighted by Gasteiger charge is -2.16. The minimum Gasteiger partial charge on any atom is -0.480 e. The van der Waals surface area contributed by atoms with Gasteiger partial charge in [-0.25, -0.2) is 4.79 Å². The van der Waals surface area contributed by atoms with Crippen LogP contribution >= 0.6 is 0 Å². The number of pyridine rings is 1. The average Bonchev–Trinajstić information content (AvgIpc) is 2.53.